The largest absolute Gasteiger partial charge is 0.469 e. The van der Waals surface area contributed by atoms with Crippen LogP contribution in [-0.4, -0.2) is 82.7 Å². The smallest absolute Gasteiger partial charge is 0.305 e. The number of hydrogen-bond acceptors (Lipinski definition) is 7. The van der Waals surface area contributed by atoms with Crippen LogP contribution in [0.15, 0.2) is 79.0 Å². The van der Waals surface area contributed by atoms with Crippen molar-refractivity contribution < 1.29 is 37.9 Å². The van der Waals surface area contributed by atoms with E-state index in [9.17, 15) is 33.2 Å². The second-order valence-corrected chi connectivity index (χ2v) is 15.0. The van der Waals surface area contributed by atoms with Gasteiger partial charge in [-0.1, -0.05) is 60.2 Å². The topological polar surface area (TPSA) is 179 Å². The van der Waals surface area contributed by atoms with E-state index < -0.39 is 70.9 Å². The summed E-state index contributed by atoms with van der Waals surface area (Å²) in [7, 11) is 1.23. The number of H-pyrrole nitrogens is 1. The van der Waals surface area contributed by atoms with Gasteiger partial charge in [-0.05, 0) is 73.9 Å². The number of aromatic amines is 1. The number of nitrogens with zero attached hydrogens (tertiary/aromatic N) is 1. The number of ether oxygens (including phenoxy) is 1. The van der Waals surface area contributed by atoms with E-state index in [1.165, 1.54) is 31.1 Å². The van der Waals surface area contributed by atoms with Crippen LogP contribution in [0, 0.1) is 12.7 Å². The molecule has 2 fully saturated rings. The van der Waals surface area contributed by atoms with Crippen molar-refractivity contribution in [3.63, 3.8) is 0 Å². The molecule has 2 heterocycles. The second-order valence-electron chi connectivity index (χ2n) is 15.0. The van der Waals surface area contributed by atoms with Crippen molar-refractivity contribution in [2.24, 2.45) is 0 Å². The van der Waals surface area contributed by atoms with Crippen LogP contribution in [0.4, 0.5) is 4.39 Å². The highest BCUT2D eigenvalue weighted by atomic mass is 19.1. The lowest BCUT2D eigenvalue weighted by atomic mass is 9.97. The van der Waals surface area contributed by atoms with Gasteiger partial charge in [-0.2, -0.15) is 0 Å². The third-order valence-corrected chi connectivity index (χ3v) is 10.9. The SMILES string of the molecule is COC(=O)CC[C@H](NC(C)=O)C(=O)N1CCCC[C@H]1C(=O)N[C@]1(C(=O)N[C@@H](Cc2ccc(F)cc2)C(=O)NCc2ccc(C)cc2)CC1c1c[nH]c2ccccc12. The predicted molar refractivity (Wildman–Crippen MR) is 210 cm³/mol. The van der Waals surface area contributed by atoms with Gasteiger partial charge in [-0.15, -0.1) is 0 Å². The number of aryl methyl sites for hydroxylation is 1. The van der Waals surface area contributed by atoms with Gasteiger partial charge in [0.2, 0.25) is 29.5 Å². The third-order valence-electron chi connectivity index (χ3n) is 10.9. The Labute approximate surface area is 330 Å². The number of piperidine rings is 1. The normalized spacial score (nSPS) is 19.8. The van der Waals surface area contributed by atoms with Crippen molar-refractivity contribution >= 4 is 46.4 Å². The molecule has 5 amide bonds. The molecule has 13 nitrogen and oxygen atoms in total. The Morgan fingerprint density at radius 1 is 0.930 bits per heavy atom. The molecule has 300 valence electrons. The minimum absolute atomic E-state index is 0.0215. The Kier molecular flexibility index (Phi) is 12.7. The number of rotatable bonds is 15. The van der Waals surface area contributed by atoms with E-state index in [4.69, 9.17) is 4.74 Å². The number of aromatic nitrogens is 1. The Morgan fingerprint density at radius 3 is 2.37 bits per heavy atom. The molecule has 0 radical (unpaired) electrons. The van der Waals surface area contributed by atoms with Crippen LogP contribution in [0.5, 0.6) is 0 Å². The summed E-state index contributed by atoms with van der Waals surface area (Å²) in [5, 5.41) is 12.4. The first-order valence-electron chi connectivity index (χ1n) is 19.3. The van der Waals surface area contributed by atoms with Gasteiger partial charge >= 0.3 is 5.97 Å². The van der Waals surface area contributed by atoms with E-state index in [1.54, 1.807) is 12.1 Å². The van der Waals surface area contributed by atoms with Crippen molar-refractivity contribution in [1.29, 1.82) is 0 Å². The molecule has 3 aromatic carbocycles. The van der Waals surface area contributed by atoms with E-state index in [2.05, 4.69) is 26.3 Å². The summed E-state index contributed by atoms with van der Waals surface area (Å²) >= 11 is 0. The van der Waals surface area contributed by atoms with Crippen LogP contribution < -0.4 is 21.3 Å². The average molecular weight is 781 g/mol. The predicted octanol–water partition coefficient (Wildman–Crippen LogP) is 3.84. The first-order chi connectivity index (χ1) is 27.4. The fraction of sp³-hybridized carbons (Fsp3) is 0.395. The number of hydrogen-bond donors (Lipinski definition) is 5. The molecule has 14 heteroatoms. The van der Waals surface area contributed by atoms with Crippen LogP contribution in [0.3, 0.4) is 0 Å². The summed E-state index contributed by atoms with van der Waals surface area (Å²) in [5.74, 6) is -4.03. The number of benzene rings is 3. The fourth-order valence-corrected chi connectivity index (χ4v) is 7.68. The van der Waals surface area contributed by atoms with Gasteiger partial charge in [0, 0.05) is 55.9 Å². The molecular formula is C43H49FN6O7. The number of likely N-dealkylation sites (tertiary alicyclic amines) is 1. The number of carbonyl (C=O) groups excluding carboxylic acids is 6. The molecule has 57 heavy (non-hydrogen) atoms. The number of methoxy groups -OCH3 is 1. The lowest BCUT2D eigenvalue weighted by Crippen LogP contribution is -2.61. The Bertz CT molecular complexity index is 2120. The van der Waals surface area contributed by atoms with Crippen molar-refractivity contribution in [1.82, 2.24) is 31.2 Å². The van der Waals surface area contributed by atoms with E-state index in [-0.39, 0.29) is 38.8 Å². The first kappa shape index (κ1) is 40.6. The van der Waals surface area contributed by atoms with Crippen LogP contribution in [0.2, 0.25) is 0 Å². The molecule has 0 bridgehead atoms. The van der Waals surface area contributed by atoms with Gasteiger partial charge in [0.1, 0.15) is 29.5 Å². The number of fused-ring (bicyclic) bond motifs is 1. The maximum atomic E-state index is 14.7. The molecule has 1 aliphatic heterocycles. The highest BCUT2D eigenvalue weighted by Crippen LogP contribution is 2.53. The van der Waals surface area contributed by atoms with Crippen molar-refractivity contribution in [2.45, 2.75) is 94.9 Å². The summed E-state index contributed by atoms with van der Waals surface area (Å²) in [6.45, 7) is 3.67. The molecule has 1 saturated heterocycles. The number of amides is 5. The van der Waals surface area contributed by atoms with E-state index in [0.29, 0.717) is 24.8 Å². The molecular weight excluding hydrogens is 732 g/mol. The molecule has 1 aromatic heterocycles. The second kappa shape index (κ2) is 17.8. The summed E-state index contributed by atoms with van der Waals surface area (Å²) in [4.78, 5) is 85.8. The molecule has 6 rings (SSSR count). The quantitative estimate of drug-likeness (QED) is 0.114. The lowest BCUT2D eigenvalue weighted by Gasteiger charge is -2.38. The standard InChI is InChI=1S/C43H49FN6O7/c1-26-11-13-29(14-12-26)24-46-39(53)36(22-28-15-17-30(44)18-16-28)48-42(56)43(23-33(43)32-25-45-34-9-5-4-8-31(32)34)49-40(54)37-10-6-7-21-50(37)41(55)35(47-27(2)51)19-20-38(52)57-3/h4-5,8-9,11-18,25,33,35-37,45H,6-7,10,19-24H2,1-3H3,(H,46,53)(H,47,51)(H,48,56)(H,49,54)/t33?,35-,36-,37-,43+/m0/s1. The van der Waals surface area contributed by atoms with E-state index in [0.717, 1.165) is 27.6 Å². The Morgan fingerprint density at radius 2 is 1.65 bits per heavy atom. The lowest BCUT2D eigenvalue weighted by molar-refractivity contribution is -0.147. The van der Waals surface area contributed by atoms with E-state index >= 15 is 0 Å². The number of nitrogens with one attached hydrogen (secondary N) is 5. The Hall–Kier alpha value is -6.05. The third kappa shape index (κ3) is 9.68. The zero-order chi connectivity index (χ0) is 40.7. The van der Waals surface area contributed by atoms with Gasteiger partial charge < -0.3 is 35.9 Å². The van der Waals surface area contributed by atoms with Crippen LogP contribution >= 0.6 is 0 Å². The van der Waals surface area contributed by atoms with Gasteiger partial charge in [-0.3, -0.25) is 28.8 Å². The summed E-state index contributed by atoms with van der Waals surface area (Å²) in [6, 6.07) is 17.9. The van der Waals surface area contributed by atoms with Gasteiger partial charge in [0.05, 0.1) is 7.11 Å². The monoisotopic (exact) mass is 780 g/mol. The van der Waals surface area contributed by atoms with Crippen LogP contribution in [0.1, 0.15) is 73.6 Å². The number of halogens is 1. The maximum Gasteiger partial charge on any atom is 0.305 e. The zero-order valence-corrected chi connectivity index (χ0v) is 32.4. The minimum atomic E-state index is -1.49. The maximum absolute atomic E-state index is 14.7. The van der Waals surface area contributed by atoms with E-state index in [1.807, 2.05) is 61.7 Å². The zero-order valence-electron chi connectivity index (χ0n) is 32.4. The van der Waals surface area contributed by atoms with Gasteiger partial charge in [0.25, 0.3) is 0 Å². The summed E-state index contributed by atoms with van der Waals surface area (Å²) in [6.07, 6.45) is 3.51. The highest BCUT2D eigenvalue weighted by Gasteiger charge is 2.63. The fourth-order valence-electron chi connectivity index (χ4n) is 7.68. The molecule has 1 saturated carbocycles. The van der Waals surface area contributed by atoms with Crippen LogP contribution in [0.25, 0.3) is 10.9 Å². The Balaban J connectivity index is 1.28. The molecule has 4 aromatic rings. The van der Waals surface area contributed by atoms with Crippen LogP contribution in [-0.2, 0) is 46.5 Å². The molecule has 1 aliphatic carbocycles. The van der Waals surface area contributed by atoms with Crippen molar-refractivity contribution in [3.8, 4) is 0 Å². The van der Waals surface area contributed by atoms with Crippen molar-refractivity contribution in [2.75, 3.05) is 13.7 Å². The summed E-state index contributed by atoms with van der Waals surface area (Å²) in [5.41, 5.74) is 2.72. The van der Waals surface area contributed by atoms with Crippen molar-refractivity contribution in [3.05, 3.63) is 107 Å². The number of para-hydroxylation sites is 1. The average Bonchev–Trinajstić information content (AvgIpc) is 3.77. The number of esters is 1. The molecule has 5 atom stereocenters. The van der Waals surface area contributed by atoms with Gasteiger partial charge in [-0.25, -0.2) is 4.39 Å². The number of carbonyl (C=O) groups is 6. The minimum Gasteiger partial charge on any atom is -0.469 e. The van der Waals surface area contributed by atoms with Gasteiger partial charge in [0.15, 0.2) is 0 Å². The first-order valence-corrected chi connectivity index (χ1v) is 19.3. The highest BCUT2D eigenvalue weighted by molar-refractivity contribution is 6.01. The summed E-state index contributed by atoms with van der Waals surface area (Å²) < 4.78 is 18.6. The molecule has 2 aliphatic rings. The molecule has 5 N–H and O–H groups in total. The molecule has 0 spiro atoms. The molecule has 1 unspecified atom stereocenters.